The molecule has 0 heterocycles. The van der Waals surface area contributed by atoms with Crippen LogP contribution in [0.2, 0.25) is 0 Å². The third kappa shape index (κ3) is 4.69. The Morgan fingerprint density at radius 3 is 2.83 bits per heavy atom. The summed E-state index contributed by atoms with van der Waals surface area (Å²) in [7, 11) is 0. The molecule has 3 nitrogen and oxygen atoms in total. The van der Waals surface area contributed by atoms with Crippen LogP contribution in [0, 0.1) is 6.92 Å². The minimum absolute atomic E-state index is 0.0641. The van der Waals surface area contributed by atoms with E-state index in [1.807, 2.05) is 25.1 Å². The number of nitrogens with one attached hydrogen (secondary N) is 1. The Balaban J connectivity index is 2.53. The van der Waals surface area contributed by atoms with Crippen molar-refractivity contribution in [2.75, 3.05) is 6.54 Å². The van der Waals surface area contributed by atoms with Crippen LogP contribution in [-0.2, 0) is 4.79 Å². The molecule has 0 aliphatic carbocycles. The predicted octanol–water partition coefficient (Wildman–Crippen LogP) is 3.44. The van der Waals surface area contributed by atoms with E-state index in [2.05, 4.69) is 28.2 Å². The van der Waals surface area contributed by atoms with Crippen LogP contribution in [-0.4, -0.2) is 18.6 Å². The summed E-state index contributed by atoms with van der Waals surface area (Å²) >= 11 is 3.40. The fourth-order valence-electron chi connectivity index (χ4n) is 1.52. The van der Waals surface area contributed by atoms with E-state index in [4.69, 9.17) is 4.74 Å². The van der Waals surface area contributed by atoms with Crippen molar-refractivity contribution in [2.24, 2.45) is 0 Å². The van der Waals surface area contributed by atoms with Gasteiger partial charge in [-0.1, -0.05) is 29.3 Å². The number of amides is 1. The lowest BCUT2D eigenvalue weighted by atomic mass is 10.2. The van der Waals surface area contributed by atoms with Gasteiger partial charge in [-0.05, 0) is 44.0 Å². The topological polar surface area (TPSA) is 38.3 Å². The molecule has 0 spiro atoms. The van der Waals surface area contributed by atoms with E-state index in [-0.39, 0.29) is 5.91 Å². The minimum atomic E-state index is -0.471. The molecule has 0 aliphatic rings. The molecule has 0 saturated carbocycles. The number of hydrogen-bond acceptors (Lipinski definition) is 2. The molecule has 1 aromatic rings. The lowest BCUT2D eigenvalue weighted by molar-refractivity contribution is -0.127. The Morgan fingerprint density at radius 2 is 2.22 bits per heavy atom. The van der Waals surface area contributed by atoms with Gasteiger partial charge in [-0.2, -0.15) is 0 Å². The van der Waals surface area contributed by atoms with Crippen LogP contribution in [0.3, 0.4) is 0 Å². The molecule has 0 fully saturated rings. The van der Waals surface area contributed by atoms with Gasteiger partial charge in [-0.25, -0.2) is 0 Å². The summed E-state index contributed by atoms with van der Waals surface area (Å²) in [5.41, 5.74) is 1.01. The van der Waals surface area contributed by atoms with Crippen LogP contribution in [0.15, 0.2) is 22.7 Å². The van der Waals surface area contributed by atoms with Crippen LogP contribution >= 0.6 is 15.9 Å². The second kappa shape index (κ2) is 7.41. The molecule has 0 aromatic heterocycles. The van der Waals surface area contributed by atoms with Crippen molar-refractivity contribution in [3.05, 3.63) is 28.2 Å². The highest BCUT2D eigenvalue weighted by molar-refractivity contribution is 9.10. The molecule has 0 aliphatic heterocycles. The average Bonchev–Trinajstić information content (AvgIpc) is 2.32. The third-order valence-electron chi connectivity index (χ3n) is 2.64. The molecule has 1 unspecified atom stereocenters. The van der Waals surface area contributed by atoms with Crippen LogP contribution < -0.4 is 10.1 Å². The van der Waals surface area contributed by atoms with Crippen LogP contribution in [0.5, 0.6) is 5.75 Å². The number of aryl methyl sites for hydroxylation is 1. The van der Waals surface area contributed by atoms with Gasteiger partial charge in [0.15, 0.2) is 6.10 Å². The molecule has 1 rings (SSSR count). The number of benzene rings is 1. The van der Waals surface area contributed by atoms with Crippen molar-refractivity contribution in [3.63, 3.8) is 0 Å². The maximum Gasteiger partial charge on any atom is 0.260 e. The second-order valence-electron chi connectivity index (χ2n) is 4.31. The first-order chi connectivity index (χ1) is 8.54. The van der Waals surface area contributed by atoms with Crippen molar-refractivity contribution in [1.82, 2.24) is 5.32 Å². The van der Waals surface area contributed by atoms with Crippen LogP contribution in [0.1, 0.15) is 32.3 Å². The highest BCUT2D eigenvalue weighted by Gasteiger charge is 2.14. The van der Waals surface area contributed by atoms with Gasteiger partial charge in [0, 0.05) is 11.0 Å². The lowest BCUT2D eigenvalue weighted by Crippen LogP contribution is -2.36. The normalized spacial score (nSPS) is 12.0. The van der Waals surface area contributed by atoms with Gasteiger partial charge in [0.2, 0.25) is 0 Å². The summed E-state index contributed by atoms with van der Waals surface area (Å²) in [5, 5.41) is 2.86. The van der Waals surface area contributed by atoms with Crippen molar-refractivity contribution < 1.29 is 9.53 Å². The summed E-state index contributed by atoms with van der Waals surface area (Å²) in [6.07, 6.45) is 1.60. The molecule has 100 valence electrons. The number of carbonyl (C=O) groups excluding carboxylic acids is 1. The standard InChI is InChI=1S/C14H20BrNO2/c1-4-5-8-16-14(17)11(3)18-13-7-6-12(15)9-10(13)2/h6-7,9,11H,4-5,8H2,1-3H3,(H,16,17). The van der Waals surface area contributed by atoms with Gasteiger partial charge in [-0.3, -0.25) is 4.79 Å². The first kappa shape index (κ1) is 15.0. The first-order valence-corrected chi connectivity index (χ1v) is 7.04. The predicted molar refractivity (Wildman–Crippen MR) is 76.9 cm³/mol. The van der Waals surface area contributed by atoms with Crippen molar-refractivity contribution in [2.45, 2.75) is 39.7 Å². The Bertz CT molecular complexity index is 407. The molecule has 18 heavy (non-hydrogen) atoms. The zero-order valence-corrected chi connectivity index (χ0v) is 12.7. The Morgan fingerprint density at radius 1 is 1.50 bits per heavy atom. The van der Waals surface area contributed by atoms with E-state index in [1.54, 1.807) is 6.92 Å². The van der Waals surface area contributed by atoms with Gasteiger partial charge < -0.3 is 10.1 Å². The van der Waals surface area contributed by atoms with E-state index in [1.165, 1.54) is 0 Å². The number of carbonyl (C=O) groups is 1. The fourth-order valence-corrected chi connectivity index (χ4v) is 2.00. The zero-order valence-electron chi connectivity index (χ0n) is 11.1. The Hall–Kier alpha value is -1.03. The number of ether oxygens (including phenoxy) is 1. The minimum Gasteiger partial charge on any atom is -0.481 e. The number of halogens is 1. The third-order valence-corrected chi connectivity index (χ3v) is 3.13. The molecule has 1 atom stereocenters. The van der Waals surface area contributed by atoms with E-state index in [0.717, 1.165) is 28.6 Å². The monoisotopic (exact) mass is 313 g/mol. The quantitative estimate of drug-likeness (QED) is 0.817. The van der Waals surface area contributed by atoms with E-state index >= 15 is 0 Å². The zero-order chi connectivity index (χ0) is 13.5. The Labute approximate surface area is 117 Å². The summed E-state index contributed by atoms with van der Waals surface area (Å²) in [5.74, 6) is 0.683. The first-order valence-electron chi connectivity index (χ1n) is 6.25. The summed E-state index contributed by atoms with van der Waals surface area (Å²) in [4.78, 5) is 11.8. The van der Waals surface area contributed by atoms with Gasteiger partial charge in [0.05, 0.1) is 0 Å². The Kier molecular flexibility index (Phi) is 6.19. The van der Waals surface area contributed by atoms with E-state index in [9.17, 15) is 4.79 Å². The molecule has 0 bridgehead atoms. The summed E-state index contributed by atoms with van der Waals surface area (Å²) < 4.78 is 6.67. The smallest absolute Gasteiger partial charge is 0.260 e. The molecule has 0 radical (unpaired) electrons. The van der Waals surface area contributed by atoms with Crippen LogP contribution in [0.25, 0.3) is 0 Å². The second-order valence-corrected chi connectivity index (χ2v) is 5.23. The number of rotatable bonds is 6. The number of hydrogen-bond donors (Lipinski definition) is 1. The molecule has 1 aromatic carbocycles. The molecule has 4 heteroatoms. The highest BCUT2D eigenvalue weighted by atomic mass is 79.9. The lowest BCUT2D eigenvalue weighted by Gasteiger charge is -2.16. The SMILES string of the molecule is CCCCNC(=O)C(C)Oc1ccc(Br)cc1C. The fraction of sp³-hybridized carbons (Fsp3) is 0.500. The molecule has 1 amide bonds. The molecular weight excluding hydrogens is 294 g/mol. The average molecular weight is 314 g/mol. The maximum absolute atomic E-state index is 11.8. The van der Waals surface area contributed by atoms with Gasteiger partial charge in [0.25, 0.3) is 5.91 Å². The highest BCUT2D eigenvalue weighted by Crippen LogP contribution is 2.23. The van der Waals surface area contributed by atoms with Gasteiger partial charge in [0.1, 0.15) is 5.75 Å². The van der Waals surface area contributed by atoms with Crippen molar-refractivity contribution in [1.29, 1.82) is 0 Å². The van der Waals surface area contributed by atoms with Crippen molar-refractivity contribution >= 4 is 21.8 Å². The van der Waals surface area contributed by atoms with Gasteiger partial charge >= 0.3 is 0 Å². The van der Waals surface area contributed by atoms with E-state index < -0.39 is 6.10 Å². The summed E-state index contributed by atoms with van der Waals surface area (Å²) in [6, 6.07) is 5.75. The van der Waals surface area contributed by atoms with E-state index in [0.29, 0.717) is 6.54 Å². The van der Waals surface area contributed by atoms with Crippen molar-refractivity contribution in [3.8, 4) is 5.75 Å². The molecule has 1 N–H and O–H groups in total. The largest absolute Gasteiger partial charge is 0.481 e. The van der Waals surface area contributed by atoms with Gasteiger partial charge in [-0.15, -0.1) is 0 Å². The maximum atomic E-state index is 11.8. The molecule has 0 saturated heterocycles. The van der Waals surface area contributed by atoms with Crippen LogP contribution in [0.4, 0.5) is 0 Å². The summed E-state index contributed by atoms with van der Waals surface area (Å²) in [6.45, 7) is 6.53. The molecular formula is C14H20BrNO2. The number of unbranched alkanes of at least 4 members (excludes halogenated alkanes) is 1.